The molecule has 0 aliphatic heterocycles. The monoisotopic (exact) mass is 1170 g/mol. The third-order valence-electron chi connectivity index (χ3n) is 20.8. The Morgan fingerprint density at radius 2 is 0.733 bits per heavy atom. The summed E-state index contributed by atoms with van der Waals surface area (Å²) in [7, 11) is 0. The van der Waals surface area contributed by atoms with Gasteiger partial charge in [0.25, 0.3) is 0 Å². The zero-order chi connectivity index (χ0) is 61.2. The highest BCUT2D eigenvalue weighted by Gasteiger charge is 2.33. The van der Waals surface area contributed by atoms with Gasteiger partial charge in [0.05, 0.1) is 22.1 Å². The van der Waals surface area contributed by atoms with Crippen LogP contribution in [0.4, 0.5) is 22.7 Å². The van der Waals surface area contributed by atoms with Crippen LogP contribution in [0.1, 0.15) is 126 Å². The van der Waals surface area contributed by atoms with Gasteiger partial charge in [-0.15, -0.1) is 0 Å². The van der Waals surface area contributed by atoms with Gasteiger partial charge in [0.1, 0.15) is 0 Å². The van der Waals surface area contributed by atoms with E-state index in [4.69, 9.17) is 0 Å². The molecule has 0 amide bonds. The van der Waals surface area contributed by atoms with E-state index in [0.29, 0.717) is 0 Å². The first-order chi connectivity index (χ1) is 43.8. The Bertz CT molecular complexity index is 4790. The largest absolute Gasteiger partial charge is 0.337 e. The Morgan fingerprint density at radius 1 is 0.356 bits per heavy atom. The molecule has 0 radical (unpaired) electrons. The minimum atomic E-state index is 0.00792. The molecular weight excluding hydrogens is 1090 g/mol. The molecule has 2 unspecified atom stereocenters. The number of aromatic nitrogens is 2. The fraction of sp³-hybridized carbons (Fsp3) is 0.256. The van der Waals surface area contributed by atoms with Crippen LogP contribution >= 0.6 is 0 Å². The van der Waals surface area contributed by atoms with E-state index >= 15 is 0 Å². The average molecular weight is 1170 g/mol. The zero-order valence-electron chi connectivity index (χ0n) is 53.8. The Labute approximate surface area is 531 Å². The quantitative estimate of drug-likeness (QED) is 0.113. The van der Waals surface area contributed by atoms with Gasteiger partial charge in [-0.1, -0.05) is 214 Å². The van der Waals surface area contributed by atoms with Gasteiger partial charge in [-0.05, 0) is 201 Å². The molecule has 16 rings (SSSR count). The molecule has 0 saturated carbocycles. The van der Waals surface area contributed by atoms with Crippen LogP contribution in [0.5, 0.6) is 0 Å². The van der Waals surface area contributed by atoms with Crippen LogP contribution in [0.25, 0.3) is 87.3 Å². The minimum absolute atomic E-state index is 0.00792. The van der Waals surface area contributed by atoms with Gasteiger partial charge in [-0.3, -0.25) is 0 Å². The number of hydrogen-bond donors (Lipinski definition) is 0. The maximum absolute atomic E-state index is 2.82. The highest BCUT2D eigenvalue weighted by Crippen LogP contribution is 2.51. The van der Waals surface area contributed by atoms with Crippen molar-refractivity contribution in [2.45, 2.75) is 143 Å². The first-order valence-corrected chi connectivity index (χ1v) is 33.6. The Balaban J connectivity index is 0.955. The lowest BCUT2D eigenvalue weighted by Crippen LogP contribution is -2.36. The van der Waals surface area contributed by atoms with Crippen molar-refractivity contribution in [3.8, 4) is 11.4 Å². The smallest absolute Gasteiger partial charge is 0.0561 e. The third-order valence-corrected chi connectivity index (χ3v) is 20.8. The van der Waals surface area contributed by atoms with Crippen molar-refractivity contribution in [3.63, 3.8) is 0 Å². The molecule has 2 heterocycles. The Morgan fingerprint density at radius 3 is 1.16 bits per heavy atom. The van der Waals surface area contributed by atoms with Gasteiger partial charge in [-0.2, -0.15) is 0 Å². The summed E-state index contributed by atoms with van der Waals surface area (Å²) >= 11 is 0. The lowest BCUT2D eigenvalue weighted by molar-refractivity contribution is 0.564. The van der Waals surface area contributed by atoms with Crippen LogP contribution in [0.3, 0.4) is 0 Å². The number of anilines is 4. The van der Waals surface area contributed by atoms with E-state index < -0.39 is 0 Å². The summed E-state index contributed by atoms with van der Waals surface area (Å²) in [6, 6.07) is 85.8. The molecule has 12 aromatic carbocycles. The van der Waals surface area contributed by atoms with Crippen LogP contribution in [0.15, 0.2) is 218 Å². The molecule has 446 valence electrons. The molecule has 4 nitrogen and oxygen atoms in total. The summed E-state index contributed by atoms with van der Waals surface area (Å²) < 4.78 is 5.08. The van der Waals surface area contributed by atoms with Crippen molar-refractivity contribution < 1.29 is 0 Å². The van der Waals surface area contributed by atoms with Gasteiger partial charge >= 0.3 is 0 Å². The van der Waals surface area contributed by atoms with Crippen LogP contribution in [0.2, 0.25) is 0 Å². The van der Waals surface area contributed by atoms with Crippen molar-refractivity contribution >= 4 is 98.7 Å². The average Bonchev–Trinajstić information content (AvgIpc) is 0.818. The van der Waals surface area contributed by atoms with Gasteiger partial charge < -0.3 is 18.9 Å². The SMILES string of the molecule is CCCc1cc(N(c2ccc3c4ccccc4n(-c4cccc(C(C)(C)C)c4)c3c2)C2CCc3ccccc3C2)c2ccc3c(CCC)cc(N(c4ccc5c6ccccc6n(-c6cccc(C(C)(C)C)c6)c5c4)C4CCc5ccccc5C4)c4ccc1c2c34. The van der Waals surface area contributed by atoms with E-state index in [1.807, 2.05) is 0 Å². The molecule has 0 spiro atoms. The summed E-state index contributed by atoms with van der Waals surface area (Å²) in [5.41, 5.74) is 23.9. The van der Waals surface area contributed by atoms with Crippen molar-refractivity contribution in [2.75, 3.05) is 9.80 Å². The van der Waals surface area contributed by atoms with Gasteiger partial charge in [-0.25, -0.2) is 0 Å². The molecule has 2 atom stereocenters. The zero-order valence-corrected chi connectivity index (χ0v) is 53.8. The lowest BCUT2D eigenvalue weighted by atomic mass is 9.83. The molecule has 90 heavy (non-hydrogen) atoms. The second-order valence-electron chi connectivity index (χ2n) is 28.5. The number of rotatable bonds is 12. The van der Waals surface area contributed by atoms with Crippen LogP contribution < -0.4 is 9.80 Å². The van der Waals surface area contributed by atoms with Gasteiger partial charge in [0, 0.05) is 78.5 Å². The Hall–Kier alpha value is -9.12. The molecular formula is C86H82N4. The van der Waals surface area contributed by atoms with Crippen molar-refractivity contribution in [2.24, 2.45) is 0 Å². The first-order valence-electron chi connectivity index (χ1n) is 33.6. The predicted molar refractivity (Wildman–Crippen MR) is 386 cm³/mol. The fourth-order valence-electron chi connectivity index (χ4n) is 16.3. The Kier molecular flexibility index (Phi) is 13.6. The normalized spacial score (nSPS) is 15.5. The fourth-order valence-corrected chi connectivity index (χ4v) is 16.3. The minimum Gasteiger partial charge on any atom is -0.337 e. The van der Waals surface area contributed by atoms with E-state index in [1.54, 1.807) is 0 Å². The molecule has 2 aliphatic rings. The lowest BCUT2D eigenvalue weighted by Gasteiger charge is -2.39. The van der Waals surface area contributed by atoms with Crippen molar-refractivity contribution in [3.05, 3.63) is 263 Å². The number of benzene rings is 12. The second-order valence-corrected chi connectivity index (χ2v) is 28.5. The van der Waals surface area contributed by atoms with Crippen molar-refractivity contribution in [1.82, 2.24) is 9.13 Å². The number of aryl methyl sites for hydroxylation is 4. The van der Waals surface area contributed by atoms with Gasteiger partial charge in [0.15, 0.2) is 0 Å². The van der Waals surface area contributed by atoms with Crippen molar-refractivity contribution in [1.29, 1.82) is 0 Å². The standard InChI is InChI=1S/C86H82N4/c1-9-21-59-49-79(87(65-37-35-55-23-11-13-25-57(55)47-65)67-39-41-73-71-31-15-17-33-77(71)89(81(73)53-67)63-29-19-27-61(51-63)85(3,4)5)75-46-44-70-60(22-10-2)50-80(76-45-43-69(59)83(75)84(70)76)88(66-38-36-56-24-12-14-26-58(56)48-66)68-40-42-74-72-32-16-18-34-78(72)90(82(74)54-68)64-30-20-28-62(52-64)86(6,7)8/h11-20,23-34,39-46,49-54,65-66H,9-10,21-22,35-38,47-48H2,1-8H3. The van der Waals surface area contributed by atoms with Crippen LogP contribution in [-0.4, -0.2) is 21.2 Å². The van der Waals surface area contributed by atoms with E-state index in [2.05, 4.69) is 293 Å². The third kappa shape index (κ3) is 9.29. The number of hydrogen-bond acceptors (Lipinski definition) is 2. The first kappa shape index (κ1) is 56.1. The maximum Gasteiger partial charge on any atom is 0.0561 e. The topological polar surface area (TPSA) is 16.3 Å². The molecule has 0 fully saturated rings. The summed E-state index contributed by atoms with van der Waals surface area (Å²) in [5, 5.41) is 13.4. The molecule has 14 aromatic rings. The predicted octanol–water partition coefficient (Wildman–Crippen LogP) is 22.7. The number of nitrogens with zero attached hydrogens (tertiary/aromatic N) is 4. The second kappa shape index (κ2) is 21.8. The van der Waals surface area contributed by atoms with E-state index in [0.717, 1.165) is 64.2 Å². The number of fused-ring (bicyclic) bond motifs is 8. The van der Waals surface area contributed by atoms with Gasteiger partial charge in [0.2, 0.25) is 0 Å². The van der Waals surface area contributed by atoms with E-state index in [9.17, 15) is 0 Å². The molecule has 2 aromatic heterocycles. The van der Waals surface area contributed by atoms with Crippen LogP contribution in [0, 0.1) is 0 Å². The van der Waals surface area contributed by atoms with Crippen LogP contribution in [-0.2, 0) is 49.4 Å². The van der Waals surface area contributed by atoms with E-state index in [-0.39, 0.29) is 22.9 Å². The highest BCUT2D eigenvalue weighted by molar-refractivity contribution is 6.29. The molecule has 0 bridgehead atoms. The summed E-state index contributed by atoms with van der Waals surface area (Å²) in [4.78, 5) is 5.64. The number of para-hydroxylation sites is 2. The molecule has 2 aliphatic carbocycles. The molecule has 0 N–H and O–H groups in total. The molecule has 0 saturated heterocycles. The summed E-state index contributed by atoms with van der Waals surface area (Å²) in [5.74, 6) is 0. The summed E-state index contributed by atoms with van der Waals surface area (Å²) in [6.07, 6.45) is 10.3. The van der Waals surface area contributed by atoms with E-state index in [1.165, 1.54) is 155 Å². The maximum atomic E-state index is 2.82. The highest BCUT2D eigenvalue weighted by atomic mass is 15.2. The molecule has 4 heteroatoms. The summed E-state index contributed by atoms with van der Waals surface area (Å²) in [6.45, 7) is 18.7.